The Balaban J connectivity index is 1.26. The summed E-state index contributed by atoms with van der Waals surface area (Å²) in [6.45, 7) is 2.97. The topological polar surface area (TPSA) is 97.9 Å². The van der Waals surface area contributed by atoms with E-state index in [2.05, 4.69) is 31.9 Å². The lowest BCUT2D eigenvalue weighted by Gasteiger charge is -2.13. The molecule has 4 rings (SSSR count). The molecule has 0 spiro atoms. The molecule has 8 nitrogen and oxygen atoms in total. The van der Waals surface area contributed by atoms with Crippen molar-refractivity contribution in [3.63, 3.8) is 0 Å². The van der Waals surface area contributed by atoms with E-state index in [9.17, 15) is 4.79 Å². The van der Waals surface area contributed by atoms with Gasteiger partial charge in [-0.25, -0.2) is 0 Å². The highest BCUT2D eigenvalue weighted by Gasteiger charge is 2.13. The van der Waals surface area contributed by atoms with Crippen molar-refractivity contribution >= 4 is 5.91 Å². The van der Waals surface area contributed by atoms with E-state index in [1.54, 1.807) is 12.4 Å². The van der Waals surface area contributed by atoms with Gasteiger partial charge in [0.15, 0.2) is 5.76 Å². The molecule has 1 amide bonds. The largest absolute Gasteiger partial charge is 0.359 e. The molecule has 0 saturated heterocycles. The molecule has 0 aromatic carbocycles. The molecule has 2 N–H and O–H groups in total. The van der Waals surface area contributed by atoms with Crippen molar-refractivity contribution in [2.24, 2.45) is 0 Å². The van der Waals surface area contributed by atoms with Crippen molar-refractivity contribution in [3.8, 4) is 11.3 Å². The van der Waals surface area contributed by atoms with Crippen LogP contribution in [0.5, 0.6) is 0 Å². The zero-order chi connectivity index (χ0) is 17.8. The number of amides is 1. The summed E-state index contributed by atoms with van der Waals surface area (Å²) in [4.78, 5) is 16.1. The smallest absolute Gasteiger partial charge is 0.220 e. The highest BCUT2D eigenvalue weighted by Crippen LogP contribution is 2.17. The number of rotatable bonds is 6. The second-order valence-electron chi connectivity index (χ2n) is 6.22. The molecule has 1 aliphatic rings. The quantitative estimate of drug-likeness (QED) is 0.694. The van der Waals surface area contributed by atoms with E-state index in [-0.39, 0.29) is 5.91 Å². The maximum absolute atomic E-state index is 12.1. The number of aryl methyl sites for hydroxylation is 1. The van der Waals surface area contributed by atoms with Gasteiger partial charge >= 0.3 is 0 Å². The first-order chi connectivity index (χ1) is 12.8. The van der Waals surface area contributed by atoms with Gasteiger partial charge in [-0.1, -0.05) is 5.16 Å². The SMILES string of the molecule is O=C(CCc1cc2n(n1)CCNC2)NCc1cc(-c2cccnc2)no1. The van der Waals surface area contributed by atoms with Gasteiger partial charge in [-0.3, -0.25) is 14.5 Å². The number of carbonyl (C=O) groups excluding carboxylic acids is 1. The Labute approximate surface area is 150 Å². The van der Waals surface area contributed by atoms with E-state index >= 15 is 0 Å². The molecule has 0 bridgehead atoms. The molecular formula is C18H20N6O2. The van der Waals surface area contributed by atoms with Gasteiger partial charge in [-0.15, -0.1) is 0 Å². The predicted molar refractivity (Wildman–Crippen MR) is 93.8 cm³/mol. The second-order valence-corrected chi connectivity index (χ2v) is 6.22. The summed E-state index contributed by atoms with van der Waals surface area (Å²) in [5.74, 6) is 0.578. The third kappa shape index (κ3) is 3.80. The molecular weight excluding hydrogens is 332 g/mol. The summed E-state index contributed by atoms with van der Waals surface area (Å²) < 4.78 is 7.28. The van der Waals surface area contributed by atoms with Crippen LogP contribution in [0.4, 0.5) is 0 Å². The van der Waals surface area contributed by atoms with Crippen LogP contribution in [-0.2, 0) is 30.8 Å². The monoisotopic (exact) mass is 352 g/mol. The molecule has 3 aromatic rings. The first-order valence-electron chi connectivity index (χ1n) is 8.67. The van der Waals surface area contributed by atoms with Gasteiger partial charge in [-0.05, 0) is 18.2 Å². The van der Waals surface area contributed by atoms with Crippen molar-refractivity contribution in [1.82, 2.24) is 30.6 Å². The Morgan fingerprint density at radius 1 is 1.38 bits per heavy atom. The molecule has 8 heteroatoms. The predicted octanol–water partition coefficient (Wildman–Crippen LogP) is 1.29. The summed E-state index contributed by atoms with van der Waals surface area (Å²) in [7, 11) is 0. The normalized spacial score (nSPS) is 13.4. The molecule has 134 valence electrons. The van der Waals surface area contributed by atoms with Crippen LogP contribution in [0.25, 0.3) is 11.3 Å². The van der Waals surface area contributed by atoms with Crippen LogP contribution < -0.4 is 10.6 Å². The summed E-state index contributed by atoms with van der Waals surface area (Å²) in [6.07, 6.45) is 4.45. The minimum absolute atomic E-state index is 0.0339. The zero-order valence-corrected chi connectivity index (χ0v) is 14.3. The van der Waals surface area contributed by atoms with Gasteiger partial charge in [0.1, 0.15) is 5.69 Å². The number of carbonyl (C=O) groups is 1. The minimum atomic E-state index is -0.0339. The number of aromatic nitrogens is 4. The molecule has 1 aliphatic heterocycles. The van der Waals surface area contributed by atoms with Crippen molar-refractivity contribution in [3.05, 3.63) is 53.8 Å². The van der Waals surface area contributed by atoms with Crippen molar-refractivity contribution in [2.75, 3.05) is 6.54 Å². The number of pyridine rings is 1. The van der Waals surface area contributed by atoms with E-state index in [0.29, 0.717) is 30.8 Å². The Kier molecular flexibility index (Phi) is 4.74. The standard InChI is InChI=1S/C18H20N6O2/c25-18(4-3-14-8-15-11-20-6-7-24(15)22-14)21-12-16-9-17(23-26-16)13-2-1-5-19-10-13/h1-2,5,8-10,20H,3-4,6-7,11-12H2,(H,21,25). The number of nitrogens with one attached hydrogen (secondary N) is 2. The van der Waals surface area contributed by atoms with Gasteiger partial charge in [0, 0.05) is 50.0 Å². The molecule has 0 fully saturated rings. The first kappa shape index (κ1) is 16.5. The molecule has 0 aliphatic carbocycles. The van der Waals surface area contributed by atoms with Crippen LogP contribution in [0.2, 0.25) is 0 Å². The van der Waals surface area contributed by atoms with Gasteiger partial charge in [0.2, 0.25) is 5.91 Å². The Hall–Kier alpha value is -3.00. The molecule has 4 heterocycles. The van der Waals surface area contributed by atoms with E-state index in [1.807, 2.05) is 22.9 Å². The van der Waals surface area contributed by atoms with E-state index in [4.69, 9.17) is 4.52 Å². The van der Waals surface area contributed by atoms with Crippen molar-refractivity contribution < 1.29 is 9.32 Å². The van der Waals surface area contributed by atoms with Gasteiger partial charge < -0.3 is 15.2 Å². The summed E-state index contributed by atoms with van der Waals surface area (Å²) in [6, 6.07) is 7.63. The Morgan fingerprint density at radius 3 is 3.19 bits per heavy atom. The minimum Gasteiger partial charge on any atom is -0.359 e. The average Bonchev–Trinajstić information content (AvgIpc) is 3.32. The molecule has 0 atom stereocenters. The van der Waals surface area contributed by atoms with E-state index in [1.165, 1.54) is 5.69 Å². The van der Waals surface area contributed by atoms with Crippen LogP contribution >= 0.6 is 0 Å². The van der Waals surface area contributed by atoms with Crippen molar-refractivity contribution in [1.29, 1.82) is 0 Å². The Morgan fingerprint density at radius 2 is 2.35 bits per heavy atom. The van der Waals surface area contributed by atoms with Crippen molar-refractivity contribution in [2.45, 2.75) is 32.5 Å². The molecule has 0 radical (unpaired) electrons. The maximum atomic E-state index is 12.1. The number of fused-ring (bicyclic) bond motifs is 1. The van der Waals surface area contributed by atoms with E-state index in [0.717, 1.165) is 30.9 Å². The zero-order valence-electron chi connectivity index (χ0n) is 14.3. The highest BCUT2D eigenvalue weighted by atomic mass is 16.5. The number of hydrogen-bond donors (Lipinski definition) is 2. The summed E-state index contributed by atoms with van der Waals surface area (Å²) >= 11 is 0. The van der Waals surface area contributed by atoms with Crippen LogP contribution in [0.3, 0.4) is 0 Å². The Bertz CT molecular complexity index is 863. The van der Waals surface area contributed by atoms with Gasteiger partial charge in [-0.2, -0.15) is 5.10 Å². The number of nitrogens with zero attached hydrogens (tertiary/aromatic N) is 4. The highest BCUT2D eigenvalue weighted by molar-refractivity contribution is 5.76. The third-order valence-corrected chi connectivity index (χ3v) is 4.30. The van der Waals surface area contributed by atoms with Crippen LogP contribution in [0, 0.1) is 0 Å². The molecule has 26 heavy (non-hydrogen) atoms. The van der Waals surface area contributed by atoms with Crippen LogP contribution in [0.1, 0.15) is 23.6 Å². The molecule has 3 aromatic heterocycles. The lowest BCUT2D eigenvalue weighted by atomic mass is 10.2. The average molecular weight is 352 g/mol. The number of hydrogen-bond acceptors (Lipinski definition) is 6. The fourth-order valence-electron chi connectivity index (χ4n) is 2.94. The fraction of sp³-hybridized carbons (Fsp3) is 0.333. The maximum Gasteiger partial charge on any atom is 0.220 e. The first-order valence-corrected chi connectivity index (χ1v) is 8.67. The summed E-state index contributed by atoms with van der Waals surface area (Å²) in [5, 5.41) is 14.7. The van der Waals surface area contributed by atoms with Crippen LogP contribution in [0.15, 0.2) is 41.2 Å². The van der Waals surface area contributed by atoms with E-state index < -0.39 is 0 Å². The molecule has 0 unspecified atom stereocenters. The lowest BCUT2D eigenvalue weighted by molar-refractivity contribution is -0.121. The fourth-order valence-corrected chi connectivity index (χ4v) is 2.94. The molecule has 0 saturated carbocycles. The van der Waals surface area contributed by atoms with Crippen LogP contribution in [-0.4, -0.2) is 32.4 Å². The lowest BCUT2D eigenvalue weighted by Crippen LogP contribution is -2.28. The van der Waals surface area contributed by atoms with Gasteiger partial charge in [0.05, 0.1) is 24.5 Å². The summed E-state index contributed by atoms with van der Waals surface area (Å²) in [5.41, 5.74) is 3.72. The van der Waals surface area contributed by atoms with Gasteiger partial charge in [0.25, 0.3) is 0 Å². The third-order valence-electron chi connectivity index (χ3n) is 4.30. The second kappa shape index (κ2) is 7.49.